The van der Waals surface area contributed by atoms with Gasteiger partial charge in [-0.25, -0.2) is 0 Å². The minimum atomic E-state index is -0.939. The molecule has 1 aromatic heterocycles. The van der Waals surface area contributed by atoms with E-state index >= 15 is 0 Å². The molecular weight excluding hydrogens is 680 g/mol. The van der Waals surface area contributed by atoms with Crippen LogP contribution < -0.4 is 5.32 Å². The third-order valence-corrected chi connectivity index (χ3v) is 7.92. The van der Waals surface area contributed by atoms with E-state index in [1.807, 2.05) is 12.1 Å². The number of nitrogens with one attached hydrogen (secondary N) is 2. The number of hydrogen-bond acceptors (Lipinski definition) is 3. The number of benzene rings is 2. The Kier molecular flexibility index (Phi) is 6.75. The van der Waals surface area contributed by atoms with Crippen molar-refractivity contribution in [1.82, 2.24) is 10.3 Å². The first-order valence-corrected chi connectivity index (χ1v) is 11.5. The quantitative estimate of drug-likeness (QED) is 0.265. The number of amides is 1. The first kappa shape index (κ1) is 21.3. The molecule has 0 spiro atoms. The third-order valence-electron chi connectivity index (χ3n) is 3.90. The lowest BCUT2D eigenvalue weighted by Gasteiger charge is -2.14. The van der Waals surface area contributed by atoms with E-state index in [0.717, 1.165) is 19.8 Å². The van der Waals surface area contributed by atoms with E-state index in [0.29, 0.717) is 24.7 Å². The number of halogens is 5. The first-order valence-electron chi connectivity index (χ1n) is 7.50. The van der Waals surface area contributed by atoms with Gasteiger partial charge in [-0.3, -0.25) is 4.79 Å². The molecule has 142 valence electrons. The van der Waals surface area contributed by atoms with E-state index in [1.54, 1.807) is 12.1 Å². The summed E-state index contributed by atoms with van der Waals surface area (Å²) in [6.07, 6.45) is -0.939. The lowest BCUT2D eigenvalue weighted by atomic mass is 10.1. The molecule has 0 aliphatic heterocycles. The molecule has 0 saturated carbocycles. The monoisotopic (exact) mass is 686 g/mol. The molecule has 1 unspecified atom stereocenters. The van der Waals surface area contributed by atoms with Crippen LogP contribution in [0.4, 0.5) is 0 Å². The normalized spacial score (nSPS) is 12.4. The van der Waals surface area contributed by atoms with Crippen LogP contribution >= 0.6 is 79.6 Å². The Morgan fingerprint density at radius 3 is 2.30 bits per heavy atom. The van der Waals surface area contributed by atoms with Gasteiger partial charge in [-0.2, -0.15) is 0 Å². The predicted octanol–water partition coefficient (Wildman–Crippen LogP) is 6.15. The van der Waals surface area contributed by atoms with Crippen molar-refractivity contribution in [2.75, 3.05) is 6.54 Å². The number of aromatic amines is 1. The largest absolute Gasteiger partial charge is 0.506 e. The van der Waals surface area contributed by atoms with Crippen LogP contribution in [0, 0.1) is 0 Å². The molecule has 1 atom stereocenters. The van der Waals surface area contributed by atoms with Crippen molar-refractivity contribution in [1.29, 1.82) is 0 Å². The van der Waals surface area contributed by atoms with Gasteiger partial charge in [0.05, 0.1) is 19.5 Å². The van der Waals surface area contributed by atoms with E-state index in [4.69, 9.17) is 0 Å². The zero-order valence-corrected chi connectivity index (χ0v) is 21.2. The number of H-pyrrole nitrogens is 1. The van der Waals surface area contributed by atoms with Crippen molar-refractivity contribution >= 4 is 96.5 Å². The molecule has 5 nitrogen and oxygen atoms in total. The van der Waals surface area contributed by atoms with Gasteiger partial charge in [0.25, 0.3) is 5.91 Å². The van der Waals surface area contributed by atoms with Crippen LogP contribution in [0.5, 0.6) is 5.75 Å². The Hall–Kier alpha value is -0.390. The average molecular weight is 691 g/mol. The highest BCUT2D eigenvalue weighted by Gasteiger charge is 2.20. The summed E-state index contributed by atoms with van der Waals surface area (Å²) >= 11 is 16.9. The first-order chi connectivity index (χ1) is 12.7. The van der Waals surface area contributed by atoms with E-state index in [2.05, 4.69) is 90.0 Å². The van der Waals surface area contributed by atoms with Crippen molar-refractivity contribution < 1.29 is 15.0 Å². The van der Waals surface area contributed by atoms with Gasteiger partial charge in [0, 0.05) is 26.4 Å². The van der Waals surface area contributed by atoms with Crippen LogP contribution in [0.15, 0.2) is 46.6 Å². The number of fused-ring (bicyclic) bond motifs is 1. The minimum Gasteiger partial charge on any atom is -0.506 e. The highest BCUT2D eigenvalue weighted by Crippen LogP contribution is 2.38. The fourth-order valence-electron chi connectivity index (χ4n) is 2.51. The zero-order valence-electron chi connectivity index (χ0n) is 13.3. The second-order valence-corrected chi connectivity index (χ2v) is 9.81. The number of hydrogen-bond donors (Lipinski definition) is 4. The Morgan fingerprint density at radius 2 is 1.67 bits per heavy atom. The van der Waals surface area contributed by atoms with Gasteiger partial charge in [0.1, 0.15) is 11.4 Å². The van der Waals surface area contributed by atoms with Gasteiger partial charge in [0.2, 0.25) is 0 Å². The summed E-state index contributed by atoms with van der Waals surface area (Å²) in [5.41, 5.74) is 1.72. The number of carbonyl (C=O) groups excluding carboxylic acids is 1. The molecule has 27 heavy (non-hydrogen) atoms. The molecule has 0 aliphatic rings. The molecule has 3 rings (SSSR count). The molecule has 10 heteroatoms. The van der Waals surface area contributed by atoms with Crippen LogP contribution in [-0.2, 0) is 0 Å². The number of carbonyl (C=O) groups is 1. The number of aromatic hydroxyl groups is 1. The average Bonchev–Trinajstić information content (AvgIpc) is 2.97. The van der Waals surface area contributed by atoms with Crippen molar-refractivity contribution in [2.24, 2.45) is 0 Å². The molecule has 0 bridgehead atoms. The lowest BCUT2D eigenvalue weighted by Crippen LogP contribution is -2.28. The van der Waals surface area contributed by atoms with Crippen LogP contribution in [0.3, 0.4) is 0 Å². The summed E-state index contributed by atoms with van der Waals surface area (Å²) in [5.74, 6) is -0.300. The van der Waals surface area contributed by atoms with Crippen LogP contribution in [0.1, 0.15) is 22.2 Å². The van der Waals surface area contributed by atoms with Crippen LogP contribution in [0.2, 0.25) is 0 Å². The van der Waals surface area contributed by atoms with Crippen molar-refractivity contribution in [3.8, 4) is 5.75 Å². The SMILES string of the molecule is O=C(NCC(O)c1cc(Br)c(O)c(Br)c1)c1[nH]c2ccc(Br)c(Br)c2c1Br. The fraction of sp³-hybridized carbons (Fsp3) is 0.118. The number of aromatic nitrogens is 1. The number of phenols is 1. The van der Waals surface area contributed by atoms with Gasteiger partial charge >= 0.3 is 0 Å². The van der Waals surface area contributed by atoms with Gasteiger partial charge in [-0.05, 0) is 109 Å². The predicted molar refractivity (Wildman–Crippen MR) is 122 cm³/mol. The molecule has 0 radical (unpaired) electrons. The van der Waals surface area contributed by atoms with E-state index in [-0.39, 0.29) is 18.2 Å². The zero-order chi connectivity index (χ0) is 19.9. The maximum absolute atomic E-state index is 12.6. The van der Waals surface area contributed by atoms with E-state index in [1.165, 1.54) is 0 Å². The minimum absolute atomic E-state index is 0.00909. The maximum Gasteiger partial charge on any atom is 0.269 e. The Labute approximate surface area is 196 Å². The fourth-order valence-corrected chi connectivity index (χ4v) is 5.57. The molecule has 1 amide bonds. The van der Waals surface area contributed by atoms with E-state index < -0.39 is 6.10 Å². The number of rotatable bonds is 4. The molecular formula is C17H11Br5N2O3. The standard InChI is InChI=1S/C17H11Br5N2O3/c18-7-1-2-10-12(13(7)21)14(22)15(24-10)17(27)23-5-11(25)6-3-8(19)16(26)9(20)4-6/h1-4,11,24-26H,5H2,(H,23,27). The maximum atomic E-state index is 12.6. The molecule has 0 fully saturated rings. The van der Waals surface area contributed by atoms with Crippen molar-refractivity contribution in [3.63, 3.8) is 0 Å². The van der Waals surface area contributed by atoms with Gasteiger partial charge in [0.15, 0.2) is 0 Å². The number of aliphatic hydroxyl groups is 1. The summed E-state index contributed by atoms with van der Waals surface area (Å²) in [6, 6.07) is 6.95. The molecule has 2 aromatic carbocycles. The molecule has 0 saturated heterocycles. The molecule has 1 heterocycles. The topological polar surface area (TPSA) is 85.3 Å². The summed E-state index contributed by atoms with van der Waals surface area (Å²) in [7, 11) is 0. The third kappa shape index (κ3) is 4.30. The van der Waals surface area contributed by atoms with Gasteiger partial charge in [-0.15, -0.1) is 0 Å². The lowest BCUT2D eigenvalue weighted by molar-refractivity contribution is 0.0911. The highest BCUT2D eigenvalue weighted by molar-refractivity contribution is 9.13. The van der Waals surface area contributed by atoms with Crippen LogP contribution in [0.25, 0.3) is 10.9 Å². The number of phenolic OH excluding ortho intramolecular Hbond substituents is 1. The van der Waals surface area contributed by atoms with Crippen LogP contribution in [-0.4, -0.2) is 27.6 Å². The smallest absolute Gasteiger partial charge is 0.269 e. The second-order valence-electron chi connectivity index (χ2n) is 5.66. The Bertz CT molecular complexity index is 1030. The summed E-state index contributed by atoms with van der Waals surface area (Å²) in [6.45, 7) is 0.00909. The Morgan fingerprint density at radius 1 is 1.04 bits per heavy atom. The van der Waals surface area contributed by atoms with Gasteiger partial charge < -0.3 is 20.5 Å². The Balaban J connectivity index is 1.79. The highest BCUT2D eigenvalue weighted by atomic mass is 79.9. The summed E-state index contributed by atoms with van der Waals surface area (Å²) < 4.78 is 3.24. The second kappa shape index (κ2) is 8.54. The molecule has 3 aromatic rings. The summed E-state index contributed by atoms with van der Waals surface area (Å²) in [5, 5.41) is 23.7. The summed E-state index contributed by atoms with van der Waals surface area (Å²) in [4.78, 5) is 15.7. The van der Waals surface area contributed by atoms with Crippen molar-refractivity contribution in [3.05, 3.63) is 57.9 Å². The molecule has 0 aliphatic carbocycles. The van der Waals surface area contributed by atoms with E-state index in [9.17, 15) is 15.0 Å². The van der Waals surface area contributed by atoms with Gasteiger partial charge in [-0.1, -0.05) is 0 Å². The number of aliphatic hydroxyl groups excluding tert-OH is 1. The molecule has 4 N–H and O–H groups in total. The van der Waals surface area contributed by atoms with Crippen molar-refractivity contribution in [2.45, 2.75) is 6.10 Å².